The van der Waals surface area contributed by atoms with Gasteiger partial charge in [0, 0.05) is 31.0 Å². The molecule has 1 saturated carbocycles. The van der Waals surface area contributed by atoms with Gasteiger partial charge in [-0.2, -0.15) is 0 Å². The molecule has 0 bridgehead atoms. The Balaban J connectivity index is 1.49. The Kier molecular flexibility index (Phi) is 5.08. The zero-order valence-corrected chi connectivity index (χ0v) is 13.3. The molecule has 2 fully saturated rings. The van der Waals surface area contributed by atoms with E-state index in [0.29, 0.717) is 6.10 Å². The van der Waals surface area contributed by atoms with E-state index in [4.69, 9.17) is 9.72 Å². The van der Waals surface area contributed by atoms with Gasteiger partial charge in [0.05, 0.1) is 16.8 Å². The number of likely N-dealkylation sites (N-methyl/N-ethyl adjacent to an activating group) is 1. The van der Waals surface area contributed by atoms with Gasteiger partial charge in [-0.1, -0.05) is 12.8 Å². The summed E-state index contributed by atoms with van der Waals surface area (Å²) >= 11 is 1.87. The van der Waals surface area contributed by atoms with Crippen molar-refractivity contribution >= 4 is 11.3 Å². The molecule has 1 saturated heterocycles. The van der Waals surface area contributed by atoms with E-state index < -0.39 is 0 Å². The summed E-state index contributed by atoms with van der Waals surface area (Å²) in [5.41, 5.74) is 1.25. The van der Waals surface area contributed by atoms with Crippen LogP contribution in [0.4, 0.5) is 0 Å². The van der Waals surface area contributed by atoms with E-state index in [-0.39, 0.29) is 0 Å². The lowest BCUT2D eigenvalue weighted by molar-refractivity contribution is -0.00272. The van der Waals surface area contributed by atoms with Crippen molar-refractivity contribution in [2.75, 3.05) is 20.2 Å². The van der Waals surface area contributed by atoms with Gasteiger partial charge >= 0.3 is 0 Å². The predicted octanol–water partition coefficient (Wildman–Crippen LogP) is 3.80. The van der Waals surface area contributed by atoms with Crippen LogP contribution in [0.2, 0.25) is 0 Å². The number of ether oxygens (including phenoxy) is 1. The van der Waals surface area contributed by atoms with Gasteiger partial charge in [0.1, 0.15) is 0 Å². The fourth-order valence-electron chi connectivity index (χ4n) is 3.40. The molecular weight excluding hydrogens is 268 g/mol. The van der Waals surface area contributed by atoms with Crippen LogP contribution in [0.5, 0.6) is 0 Å². The van der Waals surface area contributed by atoms with Gasteiger partial charge in [-0.25, -0.2) is 4.98 Å². The number of hydrogen-bond donors (Lipinski definition) is 0. The highest BCUT2D eigenvalue weighted by atomic mass is 32.1. The van der Waals surface area contributed by atoms with Gasteiger partial charge in [0.15, 0.2) is 0 Å². The maximum atomic E-state index is 5.81. The Labute approximate surface area is 126 Å². The van der Waals surface area contributed by atoms with Gasteiger partial charge in [0.25, 0.3) is 0 Å². The van der Waals surface area contributed by atoms with Crippen LogP contribution < -0.4 is 0 Å². The average Bonchev–Trinajstić information content (AvgIpc) is 3.10. The molecule has 20 heavy (non-hydrogen) atoms. The third kappa shape index (κ3) is 3.80. The number of nitrogens with zero attached hydrogens (tertiary/aromatic N) is 2. The Morgan fingerprint density at radius 3 is 2.80 bits per heavy atom. The molecule has 0 spiro atoms. The summed E-state index contributed by atoms with van der Waals surface area (Å²) < 4.78 is 5.81. The molecule has 3 nitrogen and oxygen atoms in total. The van der Waals surface area contributed by atoms with Crippen molar-refractivity contribution in [3.8, 4) is 0 Å². The van der Waals surface area contributed by atoms with E-state index in [1.54, 1.807) is 0 Å². The van der Waals surface area contributed by atoms with Crippen molar-refractivity contribution in [3.63, 3.8) is 0 Å². The van der Waals surface area contributed by atoms with Gasteiger partial charge in [-0.3, -0.25) is 4.90 Å². The van der Waals surface area contributed by atoms with Crippen molar-refractivity contribution in [1.29, 1.82) is 0 Å². The molecule has 1 aliphatic heterocycles. The topological polar surface area (TPSA) is 25.4 Å². The molecule has 1 aliphatic carbocycles. The number of hydrogen-bond acceptors (Lipinski definition) is 4. The van der Waals surface area contributed by atoms with Crippen LogP contribution in [-0.2, 0) is 11.3 Å². The fourth-order valence-corrected chi connectivity index (χ4v) is 4.38. The largest absolute Gasteiger partial charge is 0.377 e. The molecular formula is C16H26N2OS. The highest BCUT2D eigenvalue weighted by Crippen LogP contribution is 2.35. The van der Waals surface area contributed by atoms with Crippen molar-refractivity contribution in [2.45, 2.75) is 63.5 Å². The standard InChI is InChI=1S/C16H26N2OS/c1-18(11-15-8-4-5-9-19-15)10-14-12-20-16(17-14)13-6-2-3-7-13/h12-13,15H,2-11H2,1H3. The van der Waals surface area contributed by atoms with Crippen molar-refractivity contribution in [3.05, 3.63) is 16.1 Å². The Bertz CT molecular complexity index is 408. The molecule has 4 heteroatoms. The first-order valence-electron chi connectivity index (χ1n) is 8.05. The molecule has 2 heterocycles. The first-order valence-corrected chi connectivity index (χ1v) is 8.93. The number of thiazole rings is 1. The van der Waals surface area contributed by atoms with Gasteiger partial charge in [0.2, 0.25) is 0 Å². The summed E-state index contributed by atoms with van der Waals surface area (Å²) in [5, 5.41) is 3.63. The summed E-state index contributed by atoms with van der Waals surface area (Å²) in [7, 11) is 2.19. The predicted molar refractivity (Wildman–Crippen MR) is 83.2 cm³/mol. The smallest absolute Gasteiger partial charge is 0.0959 e. The fraction of sp³-hybridized carbons (Fsp3) is 0.812. The minimum Gasteiger partial charge on any atom is -0.377 e. The highest BCUT2D eigenvalue weighted by Gasteiger charge is 2.21. The highest BCUT2D eigenvalue weighted by molar-refractivity contribution is 7.09. The Morgan fingerprint density at radius 2 is 2.05 bits per heavy atom. The molecule has 0 N–H and O–H groups in total. The maximum absolute atomic E-state index is 5.81. The van der Waals surface area contributed by atoms with E-state index >= 15 is 0 Å². The SMILES string of the molecule is CN(Cc1csc(C2CCCC2)n1)CC1CCCCO1. The lowest BCUT2D eigenvalue weighted by atomic mass is 10.1. The summed E-state index contributed by atoms with van der Waals surface area (Å²) in [6.07, 6.45) is 9.67. The molecule has 0 amide bonds. The van der Waals surface area contributed by atoms with Crippen LogP contribution in [-0.4, -0.2) is 36.2 Å². The second kappa shape index (κ2) is 7.01. The average molecular weight is 294 g/mol. The molecule has 3 rings (SSSR count). The second-order valence-corrected chi connectivity index (χ2v) is 7.23. The summed E-state index contributed by atoms with van der Waals surface area (Å²) in [6.45, 7) is 2.94. The second-order valence-electron chi connectivity index (χ2n) is 6.34. The van der Waals surface area contributed by atoms with Gasteiger partial charge in [-0.05, 0) is 39.2 Å². The first-order chi connectivity index (χ1) is 9.81. The van der Waals surface area contributed by atoms with Gasteiger partial charge < -0.3 is 4.74 Å². The van der Waals surface area contributed by atoms with E-state index in [1.165, 1.54) is 55.6 Å². The molecule has 112 valence electrons. The Hall–Kier alpha value is -0.450. The Morgan fingerprint density at radius 1 is 1.25 bits per heavy atom. The van der Waals surface area contributed by atoms with Crippen molar-refractivity contribution in [1.82, 2.24) is 9.88 Å². The zero-order chi connectivity index (χ0) is 13.8. The van der Waals surface area contributed by atoms with E-state index in [1.807, 2.05) is 11.3 Å². The van der Waals surface area contributed by atoms with Crippen LogP contribution in [0.3, 0.4) is 0 Å². The minimum absolute atomic E-state index is 0.432. The molecule has 0 aromatic carbocycles. The number of aromatic nitrogens is 1. The van der Waals surface area contributed by atoms with Crippen molar-refractivity contribution < 1.29 is 4.74 Å². The van der Waals surface area contributed by atoms with Gasteiger partial charge in [-0.15, -0.1) is 11.3 Å². The summed E-state index contributed by atoms with van der Waals surface area (Å²) in [4.78, 5) is 7.23. The third-order valence-corrected chi connectivity index (χ3v) is 5.55. The molecule has 1 unspecified atom stereocenters. The van der Waals surface area contributed by atoms with Crippen LogP contribution in [0.1, 0.15) is 61.6 Å². The third-order valence-electron chi connectivity index (χ3n) is 4.50. The molecule has 1 aromatic heterocycles. The summed E-state index contributed by atoms with van der Waals surface area (Å²) in [6, 6.07) is 0. The maximum Gasteiger partial charge on any atom is 0.0959 e. The normalized spacial score (nSPS) is 24.6. The quantitative estimate of drug-likeness (QED) is 0.826. The van der Waals surface area contributed by atoms with E-state index in [9.17, 15) is 0 Å². The van der Waals surface area contributed by atoms with E-state index in [0.717, 1.165) is 25.6 Å². The lowest BCUT2D eigenvalue weighted by Crippen LogP contribution is -2.33. The van der Waals surface area contributed by atoms with Crippen molar-refractivity contribution in [2.24, 2.45) is 0 Å². The molecule has 2 aliphatic rings. The first kappa shape index (κ1) is 14.5. The monoisotopic (exact) mass is 294 g/mol. The molecule has 1 aromatic rings. The molecule has 0 radical (unpaired) electrons. The van der Waals surface area contributed by atoms with Crippen LogP contribution in [0, 0.1) is 0 Å². The van der Waals surface area contributed by atoms with E-state index in [2.05, 4.69) is 17.3 Å². The lowest BCUT2D eigenvalue weighted by Gasteiger charge is -2.26. The molecule has 1 atom stereocenters. The summed E-state index contributed by atoms with van der Waals surface area (Å²) in [5.74, 6) is 0.751. The zero-order valence-electron chi connectivity index (χ0n) is 12.5. The minimum atomic E-state index is 0.432. The van der Waals surface area contributed by atoms with Crippen LogP contribution in [0.25, 0.3) is 0 Å². The van der Waals surface area contributed by atoms with Crippen LogP contribution in [0.15, 0.2) is 5.38 Å². The number of rotatable bonds is 5. The van der Waals surface area contributed by atoms with Crippen LogP contribution >= 0.6 is 11.3 Å².